The molecule has 1 aliphatic heterocycles. The van der Waals surface area contributed by atoms with Gasteiger partial charge in [0.25, 0.3) is 0 Å². The molecule has 1 amide bonds. The van der Waals surface area contributed by atoms with E-state index >= 15 is 0 Å². The van der Waals surface area contributed by atoms with Crippen LogP contribution in [0.3, 0.4) is 0 Å². The third kappa shape index (κ3) is 5.29. The van der Waals surface area contributed by atoms with Crippen molar-refractivity contribution in [1.29, 1.82) is 0 Å². The van der Waals surface area contributed by atoms with Crippen molar-refractivity contribution in [3.63, 3.8) is 0 Å². The van der Waals surface area contributed by atoms with Gasteiger partial charge in [0.1, 0.15) is 11.9 Å². The van der Waals surface area contributed by atoms with E-state index in [1.54, 1.807) is 18.3 Å². The largest absolute Gasteiger partial charge is 0.329 e. The maximum atomic E-state index is 13.4. The van der Waals surface area contributed by atoms with Crippen LogP contribution in [0.4, 0.5) is 39.6 Å². The van der Waals surface area contributed by atoms with Crippen molar-refractivity contribution >= 4 is 41.1 Å². The molecule has 1 saturated heterocycles. The van der Waals surface area contributed by atoms with Crippen molar-refractivity contribution < 1.29 is 9.18 Å². The number of H-pyrrole nitrogens is 1. The van der Waals surface area contributed by atoms with Gasteiger partial charge >= 0.3 is 0 Å². The molecule has 0 unspecified atom stereocenters. The van der Waals surface area contributed by atoms with Crippen molar-refractivity contribution in [3.05, 3.63) is 60.4 Å². The van der Waals surface area contributed by atoms with Gasteiger partial charge < -0.3 is 20.9 Å². The van der Waals surface area contributed by atoms with Gasteiger partial charge in [-0.15, -0.1) is 0 Å². The van der Waals surface area contributed by atoms with Crippen molar-refractivity contribution in [3.8, 4) is 0 Å². The summed E-state index contributed by atoms with van der Waals surface area (Å²) in [7, 11) is 0. The number of nitrogens with one attached hydrogen (secondary N) is 4. The lowest BCUT2D eigenvalue weighted by atomic mass is 10.2. The number of anilines is 6. The molecule has 37 heavy (non-hydrogen) atoms. The summed E-state index contributed by atoms with van der Waals surface area (Å²) in [4.78, 5) is 36.7. The SMILES string of the molecule is O=C(Nc1cnccn1)[C@@H]1CCCN1c1nc(Nc2ccc(F)cc2)nc(Nc2cc(C3CC3)[nH]n2)n1. The zero-order valence-electron chi connectivity index (χ0n) is 19.7. The highest BCUT2D eigenvalue weighted by Gasteiger charge is 2.33. The molecule has 4 aromatic rings. The molecule has 2 fully saturated rings. The maximum absolute atomic E-state index is 13.4. The van der Waals surface area contributed by atoms with Gasteiger partial charge in [-0.05, 0) is 49.9 Å². The minimum absolute atomic E-state index is 0.220. The van der Waals surface area contributed by atoms with Gasteiger partial charge in [0.2, 0.25) is 23.8 Å². The van der Waals surface area contributed by atoms with Crippen LogP contribution >= 0.6 is 0 Å². The zero-order valence-corrected chi connectivity index (χ0v) is 19.7. The minimum atomic E-state index is -0.497. The Kier molecular flexibility index (Phi) is 6.00. The summed E-state index contributed by atoms with van der Waals surface area (Å²) in [5.74, 6) is 1.76. The lowest BCUT2D eigenvalue weighted by molar-refractivity contribution is -0.117. The van der Waals surface area contributed by atoms with E-state index in [0.29, 0.717) is 42.2 Å². The number of hydrogen-bond donors (Lipinski definition) is 4. The average Bonchev–Trinajstić information content (AvgIpc) is 3.44. The van der Waals surface area contributed by atoms with Crippen LogP contribution in [0.2, 0.25) is 0 Å². The molecule has 0 spiro atoms. The van der Waals surface area contributed by atoms with E-state index in [-0.39, 0.29) is 23.6 Å². The average molecular weight is 502 g/mol. The number of amides is 1. The number of benzene rings is 1. The molecule has 3 aromatic heterocycles. The molecule has 13 heteroatoms. The Morgan fingerprint density at radius 1 is 1.00 bits per heavy atom. The topological polar surface area (TPSA) is 150 Å². The lowest BCUT2D eigenvalue weighted by Gasteiger charge is -2.24. The van der Waals surface area contributed by atoms with Crippen LogP contribution < -0.4 is 20.9 Å². The molecule has 1 atom stereocenters. The number of aromatic amines is 1. The summed E-state index contributed by atoms with van der Waals surface area (Å²) in [6.45, 7) is 0.590. The van der Waals surface area contributed by atoms with Gasteiger partial charge in [-0.3, -0.25) is 14.9 Å². The molecule has 6 rings (SSSR count). The Balaban J connectivity index is 1.28. The maximum Gasteiger partial charge on any atom is 0.248 e. The van der Waals surface area contributed by atoms with Crippen LogP contribution in [0, 0.1) is 5.82 Å². The molecule has 1 aromatic carbocycles. The quantitative estimate of drug-likeness (QED) is 0.282. The third-order valence-electron chi connectivity index (χ3n) is 6.21. The molecular weight excluding hydrogens is 477 g/mol. The lowest BCUT2D eigenvalue weighted by Crippen LogP contribution is -2.41. The molecular formula is C24H24FN11O. The fraction of sp³-hybridized carbons (Fsp3) is 0.292. The van der Waals surface area contributed by atoms with E-state index in [4.69, 9.17) is 0 Å². The van der Waals surface area contributed by atoms with E-state index < -0.39 is 6.04 Å². The molecule has 2 aliphatic rings. The van der Waals surface area contributed by atoms with Gasteiger partial charge in [0, 0.05) is 42.3 Å². The first-order valence-corrected chi connectivity index (χ1v) is 12.1. The second-order valence-corrected chi connectivity index (χ2v) is 8.95. The third-order valence-corrected chi connectivity index (χ3v) is 6.21. The summed E-state index contributed by atoms with van der Waals surface area (Å²) >= 11 is 0. The van der Waals surface area contributed by atoms with E-state index in [9.17, 15) is 9.18 Å². The predicted octanol–water partition coefficient (Wildman–Crippen LogP) is 3.50. The normalized spacial score (nSPS) is 17.0. The number of hydrogen-bond acceptors (Lipinski definition) is 10. The van der Waals surface area contributed by atoms with Gasteiger partial charge in [0.15, 0.2) is 11.6 Å². The zero-order chi connectivity index (χ0) is 25.2. The molecule has 188 valence electrons. The van der Waals surface area contributed by atoms with E-state index in [2.05, 4.69) is 51.1 Å². The number of aromatic nitrogens is 7. The standard InChI is InChI=1S/C24H24FN11O/c25-15-5-7-16(8-6-15)28-22-31-23(30-19-12-17(34-35-19)14-3-4-14)33-24(32-22)36-11-1-2-18(36)21(37)29-20-13-26-9-10-27-20/h5-10,12-14,18H,1-4,11H2,(H,27,29,37)(H3,28,30,31,32,33,34,35)/t18-/m0/s1. The van der Waals surface area contributed by atoms with Gasteiger partial charge in [-0.1, -0.05) is 0 Å². The number of nitrogens with zero attached hydrogens (tertiary/aromatic N) is 7. The fourth-order valence-electron chi connectivity index (χ4n) is 4.24. The van der Waals surface area contributed by atoms with Crippen molar-refractivity contribution in [2.45, 2.75) is 37.6 Å². The second kappa shape index (κ2) is 9.76. The Bertz CT molecular complexity index is 1390. The van der Waals surface area contributed by atoms with Crippen LogP contribution in [0.25, 0.3) is 0 Å². The molecule has 0 bridgehead atoms. The highest BCUT2D eigenvalue weighted by molar-refractivity contribution is 5.96. The first-order chi connectivity index (χ1) is 18.1. The molecule has 1 saturated carbocycles. The van der Waals surface area contributed by atoms with Crippen molar-refractivity contribution in [2.75, 3.05) is 27.4 Å². The van der Waals surface area contributed by atoms with Crippen LogP contribution in [0.15, 0.2) is 48.9 Å². The van der Waals surface area contributed by atoms with Crippen LogP contribution in [0.5, 0.6) is 0 Å². The Morgan fingerprint density at radius 2 is 1.81 bits per heavy atom. The number of halogens is 1. The van der Waals surface area contributed by atoms with Crippen molar-refractivity contribution in [2.24, 2.45) is 0 Å². The minimum Gasteiger partial charge on any atom is -0.329 e. The second-order valence-electron chi connectivity index (χ2n) is 8.95. The van der Waals surface area contributed by atoms with Crippen LogP contribution in [-0.4, -0.2) is 53.6 Å². The summed E-state index contributed by atoms with van der Waals surface area (Å²) < 4.78 is 13.4. The van der Waals surface area contributed by atoms with Crippen LogP contribution in [-0.2, 0) is 4.79 Å². The van der Waals surface area contributed by atoms with E-state index in [1.165, 1.54) is 24.5 Å². The Morgan fingerprint density at radius 3 is 2.57 bits per heavy atom. The Hall–Kier alpha value is -4.68. The summed E-state index contributed by atoms with van der Waals surface area (Å²) in [6.07, 6.45) is 8.27. The molecule has 1 aliphatic carbocycles. The van der Waals surface area contributed by atoms with E-state index in [0.717, 1.165) is 25.0 Å². The number of carbonyl (C=O) groups excluding carboxylic acids is 1. The first kappa shape index (κ1) is 22.8. The monoisotopic (exact) mass is 501 g/mol. The van der Waals surface area contributed by atoms with Crippen LogP contribution in [0.1, 0.15) is 37.3 Å². The first-order valence-electron chi connectivity index (χ1n) is 12.1. The highest BCUT2D eigenvalue weighted by Crippen LogP contribution is 2.39. The van der Waals surface area contributed by atoms with Crippen molar-refractivity contribution in [1.82, 2.24) is 35.1 Å². The summed E-state index contributed by atoms with van der Waals surface area (Å²) in [5, 5.41) is 16.4. The highest BCUT2D eigenvalue weighted by atomic mass is 19.1. The Labute approximate surface area is 211 Å². The predicted molar refractivity (Wildman–Crippen MR) is 134 cm³/mol. The molecule has 4 N–H and O–H groups in total. The number of rotatable bonds is 8. The van der Waals surface area contributed by atoms with Gasteiger partial charge in [-0.25, -0.2) is 9.37 Å². The molecule has 12 nitrogen and oxygen atoms in total. The van der Waals surface area contributed by atoms with E-state index in [1.807, 2.05) is 11.0 Å². The summed E-state index contributed by atoms with van der Waals surface area (Å²) in [6, 6.07) is 7.33. The fourth-order valence-corrected chi connectivity index (χ4v) is 4.24. The smallest absolute Gasteiger partial charge is 0.248 e. The summed E-state index contributed by atoms with van der Waals surface area (Å²) in [5.41, 5.74) is 1.68. The van der Waals surface area contributed by atoms with Gasteiger partial charge in [-0.2, -0.15) is 20.1 Å². The van der Waals surface area contributed by atoms with Gasteiger partial charge in [0.05, 0.1) is 6.20 Å². The molecule has 4 heterocycles. The molecule has 0 radical (unpaired) electrons. The number of carbonyl (C=O) groups is 1.